The second-order valence-electron chi connectivity index (χ2n) is 4.05. The van der Waals surface area contributed by atoms with Gasteiger partial charge in [0, 0.05) is 45.9 Å². The molecular formula is C11H25N3O. The van der Waals surface area contributed by atoms with Crippen molar-refractivity contribution in [2.75, 3.05) is 52.4 Å². The van der Waals surface area contributed by atoms with Gasteiger partial charge in [0.05, 0.1) is 6.10 Å². The van der Waals surface area contributed by atoms with E-state index in [1.54, 1.807) is 0 Å². The molecule has 0 bridgehead atoms. The van der Waals surface area contributed by atoms with Crippen LogP contribution in [-0.2, 0) is 4.74 Å². The summed E-state index contributed by atoms with van der Waals surface area (Å²) >= 11 is 0. The average Bonchev–Trinajstić information content (AvgIpc) is 2.29. The molecule has 0 aromatic heterocycles. The number of rotatable bonds is 6. The Morgan fingerprint density at radius 2 is 1.73 bits per heavy atom. The van der Waals surface area contributed by atoms with Gasteiger partial charge in [-0.05, 0) is 13.5 Å². The van der Waals surface area contributed by atoms with E-state index in [1.165, 1.54) is 19.6 Å². The van der Waals surface area contributed by atoms with Crippen LogP contribution in [0.5, 0.6) is 0 Å². The minimum absolute atomic E-state index is 0.211. The molecule has 4 heteroatoms. The molecule has 1 fully saturated rings. The quantitative estimate of drug-likeness (QED) is 0.676. The molecule has 1 rings (SSSR count). The summed E-state index contributed by atoms with van der Waals surface area (Å²) in [7, 11) is 0. The van der Waals surface area contributed by atoms with Crippen molar-refractivity contribution < 1.29 is 4.74 Å². The van der Waals surface area contributed by atoms with Gasteiger partial charge in [0.25, 0.3) is 0 Å². The first-order valence-electron chi connectivity index (χ1n) is 6.06. The van der Waals surface area contributed by atoms with E-state index in [9.17, 15) is 0 Å². The normalized spacial score (nSPS) is 21.8. The van der Waals surface area contributed by atoms with E-state index in [0.29, 0.717) is 6.54 Å². The fourth-order valence-electron chi connectivity index (χ4n) is 2.01. The highest BCUT2D eigenvalue weighted by atomic mass is 16.5. The Morgan fingerprint density at radius 1 is 1.13 bits per heavy atom. The number of piperazine rings is 1. The van der Waals surface area contributed by atoms with Gasteiger partial charge in [0.2, 0.25) is 0 Å². The zero-order chi connectivity index (χ0) is 11.1. The highest BCUT2D eigenvalue weighted by molar-refractivity contribution is 4.74. The van der Waals surface area contributed by atoms with Gasteiger partial charge in [-0.1, -0.05) is 6.92 Å². The largest absolute Gasteiger partial charge is 0.376 e. The van der Waals surface area contributed by atoms with E-state index in [1.807, 2.05) is 6.92 Å². The average molecular weight is 215 g/mol. The number of hydrogen-bond acceptors (Lipinski definition) is 4. The van der Waals surface area contributed by atoms with Crippen LogP contribution >= 0.6 is 0 Å². The SMILES string of the molecule is CCOC(CN)CN1CCN(CC)CC1. The third-order valence-corrected chi connectivity index (χ3v) is 3.04. The molecule has 1 aliphatic heterocycles. The molecule has 0 aliphatic carbocycles. The standard InChI is InChI=1S/C11H25N3O/c1-3-13-5-7-14(8-6-13)10-11(9-12)15-4-2/h11H,3-10,12H2,1-2H3. The van der Waals surface area contributed by atoms with Crippen molar-refractivity contribution in [1.82, 2.24) is 9.80 Å². The topological polar surface area (TPSA) is 41.7 Å². The molecule has 90 valence electrons. The molecule has 0 aromatic rings. The molecule has 0 aromatic carbocycles. The van der Waals surface area contributed by atoms with Crippen molar-refractivity contribution in [3.63, 3.8) is 0 Å². The maximum absolute atomic E-state index is 5.67. The minimum Gasteiger partial charge on any atom is -0.376 e. The molecule has 0 radical (unpaired) electrons. The number of hydrogen-bond donors (Lipinski definition) is 1. The van der Waals surface area contributed by atoms with Crippen molar-refractivity contribution >= 4 is 0 Å². The van der Waals surface area contributed by atoms with E-state index in [2.05, 4.69) is 16.7 Å². The zero-order valence-corrected chi connectivity index (χ0v) is 10.1. The van der Waals surface area contributed by atoms with Crippen molar-refractivity contribution in [2.45, 2.75) is 20.0 Å². The van der Waals surface area contributed by atoms with Crippen molar-refractivity contribution in [3.05, 3.63) is 0 Å². The number of likely N-dealkylation sites (N-methyl/N-ethyl adjacent to an activating group) is 1. The van der Waals surface area contributed by atoms with Gasteiger partial charge in [-0.3, -0.25) is 4.90 Å². The first-order chi connectivity index (χ1) is 7.30. The predicted molar refractivity (Wildman–Crippen MR) is 63.0 cm³/mol. The van der Waals surface area contributed by atoms with Crippen LogP contribution in [0.2, 0.25) is 0 Å². The van der Waals surface area contributed by atoms with E-state index < -0.39 is 0 Å². The van der Waals surface area contributed by atoms with Crippen LogP contribution in [0.15, 0.2) is 0 Å². The molecular weight excluding hydrogens is 190 g/mol. The Bertz CT molecular complexity index is 158. The third-order valence-electron chi connectivity index (χ3n) is 3.04. The summed E-state index contributed by atoms with van der Waals surface area (Å²) in [5, 5.41) is 0. The summed E-state index contributed by atoms with van der Waals surface area (Å²) in [6.07, 6.45) is 0.211. The predicted octanol–water partition coefficient (Wildman–Crippen LogP) is -0.0123. The van der Waals surface area contributed by atoms with Gasteiger partial charge in [-0.15, -0.1) is 0 Å². The van der Waals surface area contributed by atoms with Crippen LogP contribution < -0.4 is 5.73 Å². The Balaban J connectivity index is 2.21. The van der Waals surface area contributed by atoms with Crippen LogP contribution in [0.4, 0.5) is 0 Å². The number of nitrogens with zero attached hydrogens (tertiary/aromatic N) is 2. The number of ether oxygens (including phenoxy) is 1. The van der Waals surface area contributed by atoms with Gasteiger partial charge in [0.15, 0.2) is 0 Å². The summed E-state index contributed by atoms with van der Waals surface area (Å²) in [5.74, 6) is 0. The van der Waals surface area contributed by atoms with E-state index in [-0.39, 0.29) is 6.10 Å². The minimum atomic E-state index is 0.211. The fraction of sp³-hybridized carbons (Fsp3) is 1.00. The smallest absolute Gasteiger partial charge is 0.0823 e. The summed E-state index contributed by atoms with van der Waals surface area (Å²) in [6.45, 7) is 12.4. The number of nitrogens with two attached hydrogens (primary N) is 1. The van der Waals surface area contributed by atoms with Crippen molar-refractivity contribution in [1.29, 1.82) is 0 Å². The van der Waals surface area contributed by atoms with Crippen LogP contribution in [0.25, 0.3) is 0 Å². The first-order valence-corrected chi connectivity index (χ1v) is 6.06. The monoisotopic (exact) mass is 215 g/mol. The van der Waals surface area contributed by atoms with Crippen LogP contribution in [0, 0.1) is 0 Å². The Kier molecular flexibility index (Phi) is 6.17. The van der Waals surface area contributed by atoms with Crippen LogP contribution in [0.3, 0.4) is 0 Å². The lowest BCUT2D eigenvalue weighted by Crippen LogP contribution is -2.49. The molecule has 2 N–H and O–H groups in total. The van der Waals surface area contributed by atoms with Crippen molar-refractivity contribution in [2.24, 2.45) is 5.73 Å². The van der Waals surface area contributed by atoms with Gasteiger partial charge >= 0.3 is 0 Å². The van der Waals surface area contributed by atoms with Crippen LogP contribution in [-0.4, -0.2) is 68.3 Å². The first kappa shape index (κ1) is 12.9. The molecule has 4 nitrogen and oxygen atoms in total. The van der Waals surface area contributed by atoms with E-state index in [4.69, 9.17) is 10.5 Å². The molecule has 1 aliphatic rings. The molecule has 0 amide bonds. The summed E-state index contributed by atoms with van der Waals surface area (Å²) in [4.78, 5) is 4.94. The van der Waals surface area contributed by atoms with Crippen LogP contribution in [0.1, 0.15) is 13.8 Å². The third kappa shape index (κ3) is 4.47. The summed E-state index contributed by atoms with van der Waals surface area (Å²) < 4.78 is 5.57. The van der Waals surface area contributed by atoms with Gasteiger partial charge in [-0.2, -0.15) is 0 Å². The van der Waals surface area contributed by atoms with E-state index in [0.717, 1.165) is 26.2 Å². The summed E-state index contributed by atoms with van der Waals surface area (Å²) in [6, 6.07) is 0. The lowest BCUT2D eigenvalue weighted by Gasteiger charge is -2.35. The fourth-order valence-corrected chi connectivity index (χ4v) is 2.01. The lowest BCUT2D eigenvalue weighted by molar-refractivity contribution is 0.0251. The highest BCUT2D eigenvalue weighted by Gasteiger charge is 2.18. The highest BCUT2D eigenvalue weighted by Crippen LogP contribution is 2.03. The molecule has 1 saturated heterocycles. The molecule has 1 unspecified atom stereocenters. The summed E-state index contributed by atoms with van der Waals surface area (Å²) in [5.41, 5.74) is 5.67. The Labute approximate surface area is 93.4 Å². The zero-order valence-electron chi connectivity index (χ0n) is 10.1. The lowest BCUT2D eigenvalue weighted by atomic mass is 10.2. The Hall–Kier alpha value is -0.160. The molecule has 0 saturated carbocycles. The maximum Gasteiger partial charge on any atom is 0.0823 e. The van der Waals surface area contributed by atoms with Gasteiger partial charge < -0.3 is 15.4 Å². The Morgan fingerprint density at radius 3 is 2.20 bits per heavy atom. The van der Waals surface area contributed by atoms with E-state index >= 15 is 0 Å². The maximum atomic E-state index is 5.67. The van der Waals surface area contributed by atoms with Gasteiger partial charge in [-0.25, -0.2) is 0 Å². The second-order valence-corrected chi connectivity index (χ2v) is 4.05. The molecule has 0 spiro atoms. The molecule has 15 heavy (non-hydrogen) atoms. The molecule has 1 atom stereocenters. The van der Waals surface area contributed by atoms with Gasteiger partial charge in [0.1, 0.15) is 0 Å². The second kappa shape index (κ2) is 7.17. The molecule has 1 heterocycles. The van der Waals surface area contributed by atoms with Crippen molar-refractivity contribution in [3.8, 4) is 0 Å².